The molecule has 0 aliphatic heterocycles. The molecule has 10 atom stereocenters. The predicted molar refractivity (Wildman–Crippen MR) is 121 cm³/mol. The van der Waals surface area contributed by atoms with E-state index in [1.165, 1.54) is 32.1 Å². The fraction of sp³-hybridized carbons (Fsp3) is 1.00. The summed E-state index contributed by atoms with van der Waals surface area (Å²) in [6, 6.07) is 0. The van der Waals surface area contributed by atoms with Gasteiger partial charge in [0.15, 0.2) is 0 Å². The van der Waals surface area contributed by atoms with Crippen molar-refractivity contribution in [2.75, 3.05) is 0 Å². The van der Waals surface area contributed by atoms with Crippen LogP contribution in [0.2, 0.25) is 0 Å². The van der Waals surface area contributed by atoms with Crippen LogP contribution in [0.3, 0.4) is 0 Å². The topological polar surface area (TPSA) is 40.5 Å². The molecule has 0 saturated heterocycles. The molecule has 186 valence electrons. The predicted octanol–water partition coefficient (Wildman–Crippen LogP) is 7.13. The highest BCUT2D eigenvalue weighted by Crippen LogP contribution is 2.69. The van der Waals surface area contributed by atoms with Crippen molar-refractivity contribution in [3.63, 3.8) is 0 Å². The molecule has 4 rings (SSSR count). The van der Waals surface area contributed by atoms with Crippen molar-refractivity contribution in [1.82, 2.24) is 0 Å². The van der Waals surface area contributed by atoms with Gasteiger partial charge in [-0.15, -0.1) is 0 Å². The second kappa shape index (κ2) is 8.43. The van der Waals surface area contributed by atoms with Crippen LogP contribution in [0.1, 0.15) is 105 Å². The van der Waals surface area contributed by atoms with Gasteiger partial charge < -0.3 is 10.2 Å². The molecule has 5 heteroatoms. The maximum Gasteiger partial charge on any atom is 0.414 e. The molecule has 0 radical (unpaired) electrons. The van der Waals surface area contributed by atoms with Gasteiger partial charge in [0, 0.05) is 0 Å². The first-order valence-corrected chi connectivity index (χ1v) is 13.3. The third kappa shape index (κ3) is 4.06. The van der Waals surface area contributed by atoms with Gasteiger partial charge in [-0.05, 0) is 123 Å². The van der Waals surface area contributed by atoms with E-state index in [1.54, 1.807) is 0 Å². The Bertz CT molecular complexity index is 680. The van der Waals surface area contributed by atoms with Crippen molar-refractivity contribution in [3.8, 4) is 0 Å². The van der Waals surface area contributed by atoms with Gasteiger partial charge in [-0.3, -0.25) is 0 Å². The molecule has 0 aromatic carbocycles. The Hall–Kier alpha value is -0.290. The quantitative estimate of drug-likeness (QED) is 0.460. The van der Waals surface area contributed by atoms with Gasteiger partial charge in [0.1, 0.15) is 6.10 Å². The van der Waals surface area contributed by atoms with Gasteiger partial charge in [-0.25, -0.2) is 0 Å². The van der Waals surface area contributed by atoms with Crippen molar-refractivity contribution in [3.05, 3.63) is 0 Å². The van der Waals surface area contributed by atoms with Crippen LogP contribution in [-0.4, -0.2) is 28.1 Å². The average molecular weight is 459 g/mol. The Morgan fingerprint density at radius 2 is 1.59 bits per heavy atom. The Morgan fingerprint density at radius 3 is 2.25 bits per heavy atom. The second-order valence-electron chi connectivity index (χ2n) is 12.8. The molecule has 4 saturated carbocycles. The van der Waals surface area contributed by atoms with Crippen molar-refractivity contribution in [1.29, 1.82) is 0 Å². The minimum Gasteiger partial charge on any atom is -0.390 e. The van der Waals surface area contributed by atoms with Crippen molar-refractivity contribution < 1.29 is 23.4 Å². The Balaban J connectivity index is 1.45. The highest BCUT2D eigenvalue weighted by atomic mass is 19.4. The van der Waals surface area contributed by atoms with Crippen LogP contribution in [0.5, 0.6) is 0 Å². The number of aliphatic hydroxyl groups is 2. The molecule has 2 nitrogen and oxygen atoms in total. The summed E-state index contributed by atoms with van der Waals surface area (Å²) in [6.45, 7) is 9.19. The van der Waals surface area contributed by atoms with Crippen LogP contribution in [0.15, 0.2) is 0 Å². The molecule has 0 heterocycles. The third-order valence-electron chi connectivity index (χ3n) is 11.5. The van der Waals surface area contributed by atoms with Crippen molar-refractivity contribution >= 4 is 0 Å². The van der Waals surface area contributed by atoms with E-state index in [0.717, 1.165) is 43.9 Å². The Kier molecular flexibility index (Phi) is 6.54. The molecule has 4 aliphatic rings. The zero-order valence-electron chi connectivity index (χ0n) is 20.6. The first-order chi connectivity index (χ1) is 14.8. The number of fused-ring (bicyclic) bond motifs is 5. The molecule has 0 bridgehead atoms. The molecule has 2 N–H and O–H groups in total. The molecule has 0 aromatic rings. The van der Waals surface area contributed by atoms with Gasteiger partial charge in [-0.1, -0.05) is 27.7 Å². The summed E-state index contributed by atoms with van der Waals surface area (Å²) in [7, 11) is 0. The van der Waals surface area contributed by atoms with Crippen molar-refractivity contribution in [2.45, 2.75) is 123 Å². The standard InChI is InChI=1S/C27H45F3O2/c1-5-26(32)15-14-24(3)18(16-26)7-8-19-21-10-9-20(25(21,4)13-12-22(19)24)17(2)6-11-23(31)27(28,29)30/h17-23,31-32H,5-16H2,1-4H3. The van der Waals surface area contributed by atoms with Crippen LogP contribution in [-0.2, 0) is 0 Å². The molecular formula is C27H45F3O2. The van der Waals surface area contributed by atoms with E-state index in [-0.39, 0.29) is 17.8 Å². The third-order valence-corrected chi connectivity index (χ3v) is 11.5. The molecule has 10 unspecified atom stereocenters. The minimum atomic E-state index is -4.50. The lowest BCUT2D eigenvalue weighted by Gasteiger charge is -2.62. The maximum atomic E-state index is 12.8. The van der Waals surface area contributed by atoms with E-state index < -0.39 is 17.9 Å². The lowest BCUT2D eigenvalue weighted by Crippen LogP contribution is -2.56. The molecule has 4 aliphatic carbocycles. The first kappa shape index (κ1) is 24.8. The van der Waals surface area contributed by atoms with Crippen LogP contribution in [0.25, 0.3) is 0 Å². The lowest BCUT2D eigenvalue weighted by molar-refractivity contribution is -0.206. The van der Waals surface area contributed by atoms with E-state index >= 15 is 0 Å². The highest BCUT2D eigenvalue weighted by Gasteiger charge is 2.61. The van der Waals surface area contributed by atoms with Crippen LogP contribution >= 0.6 is 0 Å². The zero-order valence-corrected chi connectivity index (χ0v) is 20.6. The van der Waals surface area contributed by atoms with Crippen LogP contribution in [0.4, 0.5) is 13.2 Å². The molecule has 0 amide bonds. The summed E-state index contributed by atoms with van der Waals surface area (Å²) in [5, 5.41) is 20.4. The van der Waals surface area contributed by atoms with Gasteiger partial charge in [0.05, 0.1) is 5.60 Å². The van der Waals surface area contributed by atoms with Gasteiger partial charge in [0.25, 0.3) is 0 Å². The normalized spacial score (nSPS) is 48.5. The summed E-state index contributed by atoms with van der Waals surface area (Å²) in [5.74, 6) is 3.48. The average Bonchev–Trinajstić information content (AvgIpc) is 3.09. The summed E-state index contributed by atoms with van der Waals surface area (Å²) in [6.07, 6.45) is 4.76. The van der Waals surface area contributed by atoms with Gasteiger partial charge in [0.2, 0.25) is 0 Å². The smallest absolute Gasteiger partial charge is 0.390 e. The molecule has 4 fully saturated rings. The van der Waals surface area contributed by atoms with E-state index in [9.17, 15) is 23.4 Å². The van der Waals surface area contributed by atoms with Crippen LogP contribution < -0.4 is 0 Å². The summed E-state index contributed by atoms with van der Waals surface area (Å²) < 4.78 is 38.3. The van der Waals surface area contributed by atoms with Gasteiger partial charge in [-0.2, -0.15) is 13.2 Å². The number of halogens is 3. The number of rotatable bonds is 5. The number of alkyl halides is 3. The summed E-state index contributed by atoms with van der Waals surface area (Å²) in [5.41, 5.74) is 0.104. The summed E-state index contributed by atoms with van der Waals surface area (Å²) in [4.78, 5) is 0. The van der Waals surface area contributed by atoms with Crippen molar-refractivity contribution in [2.24, 2.45) is 46.3 Å². The molecular weight excluding hydrogens is 413 g/mol. The van der Waals surface area contributed by atoms with Crippen LogP contribution in [0, 0.1) is 46.3 Å². The highest BCUT2D eigenvalue weighted by molar-refractivity contribution is 5.10. The maximum absolute atomic E-state index is 12.8. The number of hydrogen-bond donors (Lipinski definition) is 2. The van der Waals surface area contributed by atoms with E-state index in [0.29, 0.717) is 29.6 Å². The molecule has 32 heavy (non-hydrogen) atoms. The number of hydrogen-bond acceptors (Lipinski definition) is 2. The Labute approximate surface area is 192 Å². The largest absolute Gasteiger partial charge is 0.414 e. The lowest BCUT2D eigenvalue weighted by atomic mass is 9.43. The molecule has 0 aromatic heterocycles. The zero-order chi connectivity index (χ0) is 23.5. The SMILES string of the molecule is CCC1(O)CCC2(C)C(CCC3C2CCC2(C)C(C(C)CCC(O)C(F)(F)F)CCC32)C1. The monoisotopic (exact) mass is 458 g/mol. The molecule has 0 spiro atoms. The second-order valence-corrected chi connectivity index (χ2v) is 12.8. The minimum absolute atomic E-state index is 0.173. The Morgan fingerprint density at radius 1 is 0.906 bits per heavy atom. The fourth-order valence-electron chi connectivity index (χ4n) is 9.40. The van der Waals surface area contributed by atoms with E-state index in [1.807, 2.05) is 0 Å². The first-order valence-electron chi connectivity index (χ1n) is 13.3. The number of aliphatic hydroxyl groups excluding tert-OH is 1. The summed E-state index contributed by atoms with van der Waals surface area (Å²) >= 11 is 0. The fourth-order valence-corrected chi connectivity index (χ4v) is 9.40. The van der Waals surface area contributed by atoms with Gasteiger partial charge >= 0.3 is 6.18 Å². The van der Waals surface area contributed by atoms with E-state index in [4.69, 9.17) is 0 Å². The van der Waals surface area contributed by atoms with E-state index in [2.05, 4.69) is 27.7 Å².